The van der Waals surface area contributed by atoms with Crippen molar-refractivity contribution >= 4 is 34.8 Å². The number of alkyl halides is 3. The lowest BCUT2D eigenvalue weighted by Gasteiger charge is -2.38. The molecule has 0 saturated carbocycles. The molecule has 2 aliphatic heterocycles. The van der Waals surface area contributed by atoms with Gasteiger partial charge in [-0.05, 0) is 36.8 Å². The predicted molar refractivity (Wildman–Crippen MR) is 124 cm³/mol. The zero-order valence-corrected chi connectivity index (χ0v) is 20.1. The molecule has 1 amide bonds. The van der Waals surface area contributed by atoms with Gasteiger partial charge in [0.05, 0.1) is 29.3 Å². The van der Waals surface area contributed by atoms with E-state index in [9.17, 15) is 18.0 Å². The van der Waals surface area contributed by atoms with Crippen molar-refractivity contribution in [2.24, 2.45) is 0 Å². The molecule has 35 heavy (non-hydrogen) atoms. The number of amides is 1. The second-order valence-corrected chi connectivity index (χ2v) is 9.85. The van der Waals surface area contributed by atoms with Gasteiger partial charge in [0.15, 0.2) is 0 Å². The first-order valence-corrected chi connectivity index (χ1v) is 11.9. The number of thiazole rings is 1. The third kappa shape index (κ3) is 5.68. The Hall–Kier alpha value is -2.89. The molecule has 0 unspecified atom stereocenters. The minimum Gasteiger partial charge on any atom is -0.475 e. The Morgan fingerprint density at radius 1 is 1.20 bits per heavy atom. The van der Waals surface area contributed by atoms with E-state index in [0.717, 1.165) is 41.1 Å². The van der Waals surface area contributed by atoms with Gasteiger partial charge >= 0.3 is 12.1 Å². The van der Waals surface area contributed by atoms with Gasteiger partial charge in [0.25, 0.3) is 5.91 Å². The number of aromatic nitrogens is 2. The molecule has 1 fully saturated rings. The highest BCUT2D eigenvalue weighted by atomic mass is 35.5. The van der Waals surface area contributed by atoms with E-state index in [1.807, 2.05) is 48.4 Å². The van der Waals surface area contributed by atoms with Gasteiger partial charge in [-0.25, -0.2) is 9.78 Å². The lowest BCUT2D eigenvalue weighted by Crippen LogP contribution is -2.49. The monoisotopic (exact) mass is 526 g/mol. The summed E-state index contributed by atoms with van der Waals surface area (Å²) in [5.41, 5.74) is 2.95. The number of carboxylic acid groups (broad SMARTS) is 1. The molecule has 5 rings (SSSR count). The van der Waals surface area contributed by atoms with Gasteiger partial charge in [0.2, 0.25) is 0 Å². The fourth-order valence-corrected chi connectivity index (χ4v) is 5.27. The van der Waals surface area contributed by atoms with Crippen LogP contribution in [0.1, 0.15) is 32.8 Å². The minimum absolute atomic E-state index is 0.0986. The molecule has 1 N–H and O–H groups in total. The number of hydrogen-bond donors (Lipinski definition) is 1. The quantitative estimate of drug-likeness (QED) is 0.536. The molecule has 0 spiro atoms. The zero-order chi connectivity index (χ0) is 25.3. The van der Waals surface area contributed by atoms with Crippen LogP contribution < -0.4 is 0 Å². The van der Waals surface area contributed by atoms with E-state index in [2.05, 4.69) is 25.9 Å². The number of likely N-dealkylation sites (tertiary alicyclic amines) is 1. The Bertz CT molecular complexity index is 1230. The summed E-state index contributed by atoms with van der Waals surface area (Å²) < 4.78 is 33.9. The summed E-state index contributed by atoms with van der Waals surface area (Å²) in [7, 11) is 0. The van der Waals surface area contributed by atoms with Gasteiger partial charge in [-0.15, -0.1) is 11.3 Å². The van der Waals surface area contributed by atoms with Crippen molar-refractivity contribution < 1.29 is 27.9 Å². The molecule has 3 aromatic rings. The standard InChI is InChI=1S/C21H21ClN4OS.C2HF3O2/c1-14-23-17(13-28-14)10-26-20-12-24(9-15-4-2-5-16(22)8-15)11-19(20)25-7-3-6-18(25)21(26)27;3-2(4,5)1(6)7/h2-8,13,19-20H,9-12H2,1H3;(H,6,7)/t19-,20+;/m0./s1. The van der Waals surface area contributed by atoms with E-state index in [0.29, 0.717) is 6.54 Å². The van der Waals surface area contributed by atoms with Crippen LogP contribution in [-0.4, -0.2) is 61.6 Å². The average Bonchev–Trinajstić information content (AvgIpc) is 3.50. The summed E-state index contributed by atoms with van der Waals surface area (Å²) in [5.74, 6) is -2.66. The highest BCUT2D eigenvalue weighted by molar-refractivity contribution is 7.09. The fourth-order valence-electron chi connectivity index (χ4n) is 4.46. The van der Waals surface area contributed by atoms with Gasteiger partial charge in [0, 0.05) is 36.2 Å². The lowest BCUT2D eigenvalue weighted by atomic mass is 10.1. The van der Waals surface area contributed by atoms with Gasteiger partial charge in [-0.3, -0.25) is 9.69 Å². The molecule has 0 bridgehead atoms. The highest BCUT2D eigenvalue weighted by Crippen LogP contribution is 2.35. The number of aliphatic carboxylic acids is 1. The Kier molecular flexibility index (Phi) is 7.20. The zero-order valence-electron chi connectivity index (χ0n) is 18.6. The van der Waals surface area contributed by atoms with Crippen molar-refractivity contribution in [2.45, 2.75) is 38.3 Å². The van der Waals surface area contributed by atoms with E-state index in [-0.39, 0.29) is 18.0 Å². The number of rotatable bonds is 4. The number of halogens is 4. The molecule has 0 aliphatic carbocycles. The van der Waals surface area contributed by atoms with Crippen molar-refractivity contribution in [1.82, 2.24) is 19.4 Å². The average molecular weight is 527 g/mol. The second kappa shape index (κ2) is 10.00. The topological polar surface area (TPSA) is 78.7 Å². The van der Waals surface area contributed by atoms with E-state index in [1.165, 1.54) is 5.56 Å². The van der Waals surface area contributed by atoms with E-state index in [1.54, 1.807) is 11.3 Å². The van der Waals surface area contributed by atoms with Crippen molar-refractivity contribution in [3.8, 4) is 0 Å². The first-order valence-electron chi connectivity index (χ1n) is 10.7. The van der Waals surface area contributed by atoms with Crippen LogP contribution in [0.4, 0.5) is 13.2 Å². The number of nitrogens with zero attached hydrogens (tertiary/aromatic N) is 4. The largest absolute Gasteiger partial charge is 0.490 e. The van der Waals surface area contributed by atoms with Crippen LogP contribution in [0, 0.1) is 6.92 Å². The third-order valence-corrected chi connectivity index (χ3v) is 6.95. The maximum Gasteiger partial charge on any atom is 0.490 e. The van der Waals surface area contributed by atoms with Crippen LogP contribution in [-0.2, 0) is 17.9 Å². The predicted octanol–water partition coefficient (Wildman–Crippen LogP) is 4.62. The number of carboxylic acids is 1. The first kappa shape index (κ1) is 25.2. The molecule has 2 atom stereocenters. The molecule has 0 radical (unpaired) electrons. The van der Waals surface area contributed by atoms with Gasteiger partial charge in [0.1, 0.15) is 5.69 Å². The summed E-state index contributed by atoms with van der Waals surface area (Å²) in [6.45, 7) is 5.17. The number of aryl methyl sites for hydroxylation is 1. The van der Waals surface area contributed by atoms with Crippen molar-refractivity contribution in [1.29, 1.82) is 0 Å². The maximum atomic E-state index is 13.2. The molecule has 186 valence electrons. The van der Waals surface area contributed by atoms with Crippen molar-refractivity contribution in [3.63, 3.8) is 0 Å². The minimum atomic E-state index is -5.08. The lowest BCUT2D eigenvalue weighted by molar-refractivity contribution is -0.192. The molecule has 7 nitrogen and oxygen atoms in total. The van der Waals surface area contributed by atoms with Gasteiger partial charge in [-0.1, -0.05) is 23.7 Å². The number of fused-ring (bicyclic) bond motifs is 3. The van der Waals surface area contributed by atoms with E-state index >= 15 is 0 Å². The summed E-state index contributed by atoms with van der Waals surface area (Å²) in [6.07, 6.45) is -3.04. The number of carbonyl (C=O) groups is 2. The SMILES string of the molecule is Cc1nc(CN2C(=O)c3cccn3[C@H]3CN(Cc4cccc(Cl)c4)C[C@H]32)cs1.O=C(O)C(F)(F)F. The Morgan fingerprint density at radius 3 is 2.54 bits per heavy atom. The van der Waals surface area contributed by atoms with Crippen LogP contribution in [0.25, 0.3) is 0 Å². The molecule has 4 heterocycles. The molecule has 12 heteroatoms. The maximum absolute atomic E-state index is 13.2. The molecule has 1 aromatic carbocycles. The number of carbonyl (C=O) groups excluding carboxylic acids is 1. The summed E-state index contributed by atoms with van der Waals surface area (Å²) in [6, 6.07) is 12.3. The van der Waals surface area contributed by atoms with Crippen molar-refractivity contribution in [3.05, 3.63) is 75.0 Å². The number of benzene rings is 1. The van der Waals surface area contributed by atoms with Gasteiger partial charge in [-0.2, -0.15) is 13.2 Å². The normalized spacial score (nSPS) is 19.7. The Balaban J connectivity index is 0.000000364. The third-order valence-electron chi connectivity index (χ3n) is 5.89. The summed E-state index contributed by atoms with van der Waals surface area (Å²) in [4.78, 5) is 31.1. The molecule has 1 saturated heterocycles. The Morgan fingerprint density at radius 2 is 1.91 bits per heavy atom. The van der Waals surface area contributed by atoms with Crippen LogP contribution in [0.5, 0.6) is 0 Å². The van der Waals surface area contributed by atoms with Crippen LogP contribution >= 0.6 is 22.9 Å². The highest BCUT2D eigenvalue weighted by Gasteiger charge is 2.45. The van der Waals surface area contributed by atoms with Crippen LogP contribution in [0.2, 0.25) is 5.02 Å². The van der Waals surface area contributed by atoms with Gasteiger partial charge < -0.3 is 14.6 Å². The summed E-state index contributed by atoms with van der Waals surface area (Å²) >= 11 is 7.79. The molecule has 2 aromatic heterocycles. The second-order valence-electron chi connectivity index (χ2n) is 8.35. The van der Waals surface area contributed by atoms with Crippen LogP contribution in [0.15, 0.2) is 48.0 Å². The molecular weight excluding hydrogens is 505 g/mol. The van der Waals surface area contributed by atoms with E-state index < -0.39 is 12.1 Å². The van der Waals surface area contributed by atoms with E-state index in [4.69, 9.17) is 21.5 Å². The first-order chi connectivity index (χ1) is 16.5. The summed E-state index contributed by atoms with van der Waals surface area (Å²) in [5, 5.41) is 11.0. The fraction of sp³-hybridized carbons (Fsp3) is 0.348. The van der Waals surface area contributed by atoms with Crippen LogP contribution in [0.3, 0.4) is 0 Å². The smallest absolute Gasteiger partial charge is 0.475 e. The molecular formula is C23H22ClF3N4O3S. The Labute approximate surface area is 208 Å². The molecule has 2 aliphatic rings. The number of hydrogen-bond acceptors (Lipinski definition) is 5. The van der Waals surface area contributed by atoms with Crippen molar-refractivity contribution in [2.75, 3.05) is 13.1 Å².